The molecule has 0 aromatic heterocycles. The highest BCUT2D eigenvalue weighted by molar-refractivity contribution is 7.94. The molecule has 0 atom stereocenters. The van der Waals surface area contributed by atoms with Gasteiger partial charge >= 0.3 is 6.09 Å². The molecule has 4 nitrogen and oxygen atoms in total. The van der Waals surface area contributed by atoms with Crippen molar-refractivity contribution in [2.45, 2.75) is 31.3 Å². The minimum atomic E-state index is -0.568. The lowest BCUT2D eigenvalue weighted by atomic mass is 10.2. The lowest BCUT2D eigenvalue weighted by Gasteiger charge is -2.20. The van der Waals surface area contributed by atoms with E-state index >= 15 is 0 Å². The first-order valence-corrected chi connectivity index (χ1v) is 5.76. The molecule has 1 aromatic carbocycles. The van der Waals surface area contributed by atoms with Crippen LogP contribution in [0, 0.1) is 0 Å². The van der Waals surface area contributed by atoms with Crippen LogP contribution in [0.25, 0.3) is 0 Å². The molecule has 0 saturated carbocycles. The van der Waals surface area contributed by atoms with Crippen LogP contribution in [-0.2, 0) is 4.74 Å². The van der Waals surface area contributed by atoms with Gasteiger partial charge in [-0.25, -0.2) is 10.2 Å². The van der Waals surface area contributed by atoms with Gasteiger partial charge in [-0.2, -0.15) is 3.89 Å². The lowest BCUT2D eigenvalue weighted by molar-refractivity contribution is 0.0541. The minimum Gasteiger partial charge on any atom is -0.443 e. The molecular formula is C11H15FN2O2S. The summed E-state index contributed by atoms with van der Waals surface area (Å²) in [6, 6.07) is 6.51. The number of rotatable bonds is 3. The topological polar surface area (TPSA) is 50.4 Å². The summed E-state index contributed by atoms with van der Waals surface area (Å²) in [6.07, 6.45) is -0.568. The molecule has 0 bridgehead atoms. The summed E-state index contributed by atoms with van der Waals surface area (Å²) in [5.74, 6) is 0. The fourth-order valence-corrected chi connectivity index (χ4v) is 1.26. The molecule has 1 aromatic rings. The van der Waals surface area contributed by atoms with Crippen LogP contribution in [0.4, 0.5) is 14.4 Å². The van der Waals surface area contributed by atoms with E-state index in [0.29, 0.717) is 10.6 Å². The Morgan fingerprint density at radius 3 is 2.35 bits per heavy atom. The van der Waals surface area contributed by atoms with Gasteiger partial charge in [0.05, 0.1) is 17.8 Å². The highest BCUT2D eigenvalue weighted by Gasteiger charge is 2.15. The number of anilines is 1. The molecule has 0 aliphatic rings. The summed E-state index contributed by atoms with van der Waals surface area (Å²) in [6.45, 7) is 5.33. The predicted molar refractivity (Wildman–Crippen MR) is 66.4 cm³/mol. The van der Waals surface area contributed by atoms with Gasteiger partial charge in [0.1, 0.15) is 5.60 Å². The van der Waals surface area contributed by atoms with Crippen LogP contribution in [0.5, 0.6) is 0 Å². The maximum atomic E-state index is 12.2. The third-order valence-electron chi connectivity index (χ3n) is 1.65. The van der Waals surface area contributed by atoms with Crippen LogP contribution >= 0.6 is 12.1 Å². The van der Waals surface area contributed by atoms with E-state index in [0.717, 1.165) is 0 Å². The van der Waals surface area contributed by atoms with Gasteiger partial charge in [0, 0.05) is 4.90 Å². The fourth-order valence-electron chi connectivity index (χ4n) is 1.02. The number of halogens is 1. The highest BCUT2D eigenvalue weighted by Crippen LogP contribution is 2.20. The number of carbonyl (C=O) groups is 1. The zero-order chi connectivity index (χ0) is 12.9. The molecule has 94 valence electrons. The van der Waals surface area contributed by atoms with Crippen LogP contribution in [0.1, 0.15) is 20.8 Å². The molecule has 17 heavy (non-hydrogen) atoms. The number of amides is 1. The molecule has 0 fully saturated rings. The second-order valence-electron chi connectivity index (χ2n) is 4.35. The summed E-state index contributed by atoms with van der Waals surface area (Å²) >= 11 is 0.170. The minimum absolute atomic E-state index is 0.170. The molecule has 0 aliphatic heterocycles. The average molecular weight is 258 g/mol. The van der Waals surface area contributed by atoms with E-state index in [1.54, 1.807) is 45.0 Å². The third kappa shape index (κ3) is 5.44. The van der Waals surface area contributed by atoms with Gasteiger partial charge in [-0.3, -0.25) is 5.43 Å². The number of ether oxygens (including phenoxy) is 1. The Labute approximate surface area is 104 Å². The van der Waals surface area contributed by atoms with E-state index in [1.807, 2.05) is 0 Å². The van der Waals surface area contributed by atoms with E-state index in [2.05, 4.69) is 10.9 Å². The number of hydrazine groups is 1. The lowest BCUT2D eigenvalue weighted by Crippen LogP contribution is -2.35. The number of hydrogen-bond acceptors (Lipinski definition) is 4. The average Bonchev–Trinajstić information content (AvgIpc) is 2.25. The Morgan fingerprint density at radius 2 is 1.88 bits per heavy atom. The first kappa shape index (κ1) is 13.6. The zero-order valence-corrected chi connectivity index (χ0v) is 10.7. The Hall–Kier alpha value is -1.43. The first-order valence-electron chi connectivity index (χ1n) is 5.04. The van der Waals surface area contributed by atoms with E-state index < -0.39 is 11.7 Å². The molecule has 1 rings (SSSR count). The first-order chi connectivity index (χ1) is 7.90. The number of hydrogen-bond donors (Lipinski definition) is 2. The molecule has 2 N–H and O–H groups in total. The standard InChI is InChI=1S/C11H15FN2O2S/c1-11(2,3)16-10(15)14-13-8-4-6-9(17-12)7-5-8/h4-7,13H,1-3H3,(H,14,15). The van der Waals surface area contributed by atoms with E-state index in [-0.39, 0.29) is 12.1 Å². The molecule has 0 spiro atoms. The largest absolute Gasteiger partial charge is 0.443 e. The summed E-state index contributed by atoms with van der Waals surface area (Å²) in [5.41, 5.74) is 5.15. The second kappa shape index (κ2) is 5.77. The predicted octanol–water partition coefficient (Wildman–Crippen LogP) is 3.51. The summed E-state index contributed by atoms with van der Waals surface area (Å²) in [7, 11) is 0. The molecule has 0 heterocycles. The maximum absolute atomic E-state index is 12.2. The van der Waals surface area contributed by atoms with Crippen molar-refractivity contribution in [2.75, 3.05) is 5.43 Å². The number of benzene rings is 1. The molecular weight excluding hydrogens is 243 g/mol. The Morgan fingerprint density at radius 1 is 1.29 bits per heavy atom. The van der Waals surface area contributed by atoms with Gasteiger partial charge < -0.3 is 4.74 Å². The van der Waals surface area contributed by atoms with Gasteiger partial charge in [0.15, 0.2) is 0 Å². The van der Waals surface area contributed by atoms with Crippen LogP contribution < -0.4 is 10.9 Å². The van der Waals surface area contributed by atoms with Crippen LogP contribution in [-0.4, -0.2) is 11.7 Å². The number of nitrogens with one attached hydrogen (secondary N) is 2. The smallest absolute Gasteiger partial charge is 0.426 e. The molecule has 6 heteroatoms. The van der Waals surface area contributed by atoms with Crippen LogP contribution in [0.15, 0.2) is 29.2 Å². The molecule has 0 unspecified atom stereocenters. The summed E-state index contributed by atoms with van der Waals surface area (Å²) < 4.78 is 17.2. The summed E-state index contributed by atoms with van der Waals surface area (Å²) in [4.78, 5) is 11.8. The monoisotopic (exact) mass is 258 g/mol. The van der Waals surface area contributed by atoms with Gasteiger partial charge in [0.25, 0.3) is 0 Å². The van der Waals surface area contributed by atoms with Crippen molar-refractivity contribution in [3.63, 3.8) is 0 Å². The van der Waals surface area contributed by atoms with Crippen molar-refractivity contribution in [3.05, 3.63) is 24.3 Å². The fraction of sp³-hybridized carbons (Fsp3) is 0.364. The van der Waals surface area contributed by atoms with Gasteiger partial charge in [-0.15, -0.1) is 0 Å². The Balaban J connectivity index is 2.42. The third-order valence-corrected chi connectivity index (χ3v) is 2.10. The van der Waals surface area contributed by atoms with Gasteiger partial charge in [-0.1, -0.05) is 0 Å². The van der Waals surface area contributed by atoms with Gasteiger partial charge in [0.2, 0.25) is 0 Å². The van der Waals surface area contributed by atoms with E-state index in [1.165, 1.54) is 0 Å². The van der Waals surface area contributed by atoms with Crippen molar-refractivity contribution in [1.82, 2.24) is 5.43 Å². The zero-order valence-electron chi connectivity index (χ0n) is 9.91. The van der Waals surface area contributed by atoms with E-state index in [9.17, 15) is 8.68 Å². The quantitative estimate of drug-likeness (QED) is 0.814. The van der Waals surface area contributed by atoms with Gasteiger partial charge in [-0.05, 0) is 45.0 Å². The number of carbonyl (C=O) groups excluding carboxylic acids is 1. The van der Waals surface area contributed by atoms with Crippen molar-refractivity contribution in [1.29, 1.82) is 0 Å². The SMILES string of the molecule is CC(C)(C)OC(=O)NNc1ccc(SF)cc1. The highest BCUT2D eigenvalue weighted by atomic mass is 32.2. The van der Waals surface area contributed by atoms with Crippen LogP contribution in [0.2, 0.25) is 0 Å². The van der Waals surface area contributed by atoms with Crippen molar-refractivity contribution in [2.24, 2.45) is 0 Å². The maximum Gasteiger partial charge on any atom is 0.426 e. The molecule has 0 aliphatic carbocycles. The molecule has 0 radical (unpaired) electrons. The van der Waals surface area contributed by atoms with Crippen molar-refractivity contribution in [3.8, 4) is 0 Å². The Kier molecular flexibility index (Phi) is 4.62. The molecule has 1 amide bonds. The van der Waals surface area contributed by atoms with Crippen LogP contribution in [0.3, 0.4) is 0 Å². The summed E-state index contributed by atoms with van der Waals surface area (Å²) in [5, 5.41) is 0. The second-order valence-corrected chi connectivity index (χ2v) is 4.98. The van der Waals surface area contributed by atoms with Crippen molar-refractivity contribution >= 4 is 23.9 Å². The van der Waals surface area contributed by atoms with E-state index in [4.69, 9.17) is 4.74 Å². The Bertz CT molecular complexity index is 376. The molecule has 0 saturated heterocycles. The van der Waals surface area contributed by atoms with Crippen molar-refractivity contribution < 1.29 is 13.4 Å². The normalized spacial score (nSPS) is 10.8.